The lowest BCUT2D eigenvalue weighted by atomic mass is 10.1. The van der Waals surface area contributed by atoms with E-state index >= 15 is 0 Å². The van der Waals surface area contributed by atoms with E-state index in [9.17, 15) is 8.42 Å². The van der Waals surface area contributed by atoms with Crippen LogP contribution in [-0.2, 0) is 16.6 Å². The number of rotatable bonds is 6. The summed E-state index contributed by atoms with van der Waals surface area (Å²) in [7, 11) is -3.80. The number of sulfonamides is 1. The van der Waals surface area contributed by atoms with Gasteiger partial charge < -0.3 is 0 Å². The minimum atomic E-state index is -3.80. The topological polar surface area (TPSA) is 50.3 Å². The minimum absolute atomic E-state index is 0.231. The molecule has 0 saturated heterocycles. The molecule has 0 aliphatic rings. The van der Waals surface area contributed by atoms with Gasteiger partial charge in [0.1, 0.15) is 4.90 Å². The highest BCUT2D eigenvalue weighted by atomic mass is 32.2. The molecule has 1 atom stereocenters. The fourth-order valence-electron chi connectivity index (χ4n) is 3.50. The van der Waals surface area contributed by atoms with Crippen LogP contribution in [0.2, 0.25) is 0 Å². The molecule has 146 valence electrons. The maximum atomic E-state index is 13.9. The van der Waals surface area contributed by atoms with Gasteiger partial charge in [-0.3, -0.25) is 4.98 Å². The van der Waals surface area contributed by atoms with Crippen LogP contribution in [0.5, 0.6) is 0 Å². The van der Waals surface area contributed by atoms with Crippen molar-refractivity contribution in [1.82, 2.24) is 9.29 Å². The second kappa shape index (κ2) is 8.15. The summed E-state index contributed by atoms with van der Waals surface area (Å²) in [6, 6.07) is 28.0. The van der Waals surface area contributed by atoms with E-state index in [1.165, 1.54) is 0 Å². The third-order valence-corrected chi connectivity index (χ3v) is 7.03. The normalized spacial score (nSPS) is 12.9. The molecule has 0 fully saturated rings. The van der Waals surface area contributed by atoms with Gasteiger partial charge >= 0.3 is 0 Å². The quantitative estimate of drug-likeness (QED) is 0.446. The van der Waals surface area contributed by atoms with Gasteiger partial charge in [0.15, 0.2) is 0 Å². The van der Waals surface area contributed by atoms with Gasteiger partial charge in [-0.05, 0) is 30.2 Å². The Morgan fingerprint density at radius 2 is 1.48 bits per heavy atom. The molecule has 1 heterocycles. The van der Waals surface area contributed by atoms with Gasteiger partial charge in [-0.2, -0.15) is 4.31 Å². The lowest BCUT2D eigenvalue weighted by Crippen LogP contribution is -2.33. The van der Waals surface area contributed by atoms with Crippen LogP contribution in [0.25, 0.3) is 10.9 Å². The van der Waals surface area contributed by atoms with Crippen LogP contribution in [0.4, 0.5) is 0 Å². The van der Waals surface area contributed by atoms with Crippen LogP contribution in [0.15, 0.2) is 102 Å². The first kappa shape index (κ1) is 19.3. The van der Waals surface area contributed by atoms with Crippen molar-refractivity contribution < 1.29 is 8.42 Å². The van der Waals surface area contributed by atoms with Gasteiger partial charge in [-0.15, -0.1) is 0 Å². The summed E-state index contributed by atoms with van der Waals surface area (Å²) in [6.45, 7) is 2.21. The van der Waals surface area contributed by atoms with Crippen LogP contribution < -0.4 is 0 Å². The van der Waals surface area contributed by atoms with Crippen LogP contribution in [-0.4, -0.2) is 17.7 Å². The predicted molar refractivity (Wildman–Crippen MR) is 116 cm³/mol. The molecule has 0 saturated carbocycles. The summed E-state index contributed by atoms with van der Waals surface area (Å²) >= 11 is 0. The van der Waals surface area contributed by atoms with Crippen LogP contribution >= 0.6 is 0 Å². The predicted octanol–water partition coefficient (Wildman–Crippen LogP) is 5.19. The number of benzene rings is 3. The first-order valence-corrected chi connectivity index (χ1v) is 11.0. The Labute approximate surface area is 171 Å². The molecule has 4 nitrogen and oxygen atoms in total. The van der Waals surface area contributed by atoms with Gasteiger partial charge in [0.25, 0.3) is 0 Å². The molecule has 0 radical (unpaired) electrons. The van der Waals surface area contributed by atoms with Crippen molar-refractivity contribution in [2.45, 2.75) is 24.4 Å². The highest BCUT2D eigenvalue weighted by Crippen LogP contribution is 2.32. The summed E-state index contributed by atoms with van der Waals surface area (Å²) < 4.78 is 29.3. The largest absolute Gasteiger partial charge is 0.255 e. The molecule has 4 aromatic rings. The smallest absolute Gasteiger partial charge is 0.246 e. The van der Waals surface area contributed by atoms with Gasteiger partial charge in [-0.25, -0.2) is 8.42 Å². The molecule has 0 aliphatic heterocycles. The Morgan fingerprint density at radius 3 is 2.21 bits per heavy atom. The molecular weight excluding hydrogens is 380 g/mol. The number of aromatic nitrogens is 1. The maximum absolute atomic E-state index is 13.9. The summed E-state index contributed by atoms with van der Waals surface area (Å²) in [4.78, 5) is 4.59. The van der Waals surface area contributed by atoms with Crippen molar-refractivity contribution in [3.63, 3.8) is 0 Å². The second-order valence-electron chi connectivity index (χ2n) is 6.95. The van der Waals surface area contributed by atoms with Gasteiger partial charge in [0.2, 0.25) is 10.0 Å². The average Bonchev–Trinajstić information content (AvgIpc) is 2.78. The van der Waals surface area contributed by atoms with Crippen LogP contribution in [0, 0.1) is 0 Å². The van der Waals surface area contributed by atoms with Gasteiger partial charge in [-0.1, -0.05) is 78.9 Å². The van der Waals surface area contributed by atoms with Crippen molar-refractivity contribution in [2.24, 2.45) is 0 Å². The van der Waals surface area contributed by atoms with Crippen molar-refractivity contribution in [1.29, 1.82) is 0 Å². The first-order valence-electron chi connectivity index (χ1n) is 9.52. The Balaban J connectivity index is 1.85. The molecule has 0 N–H and O–H groups in total. The van der Waals surface area contributed by atoms with Crippen LogP contribution in [0.1, 0.15) is 24.1 Å². The Kier molecular flexibility index (Phi) is 5.43. The number of nitrogens with zero attached hydrogens (tertiary/aromatic N) is 2. The van der Waals surface area contributed by atoms with Gasteiger partial charge in [0, 0.05) is 24.2 Å². The molecular formula is C24H22N2O2S. The average molecular weight is 403 g/mol. The van der Waals surface area contributed by atoms with Crippen molar-refractivity contribution in [2.75, 3.05) is 0 Å². The number of pyridine rings is 1. The van der Waals surface area contributed by atoms with Crippen molar-refractivity contribution in [3.8, 4) is 0 Å². The fraction of sp³-hybridized carbons (Fsp3) is 0.125. The van der Waals surface area contributed by atoms with Crippen LogP contribution in [0.3, 0.4) is 0 Å². The number of para-hydroxylation sites is 1. The van der Waals surface area contributed by atoms with E-state index in [0.29, 0.717) is 5.52 Å². The summed E-state index contributed by atoms with van der Waals surface area (Å²) in [6.07, 6.45) is 1.63. The Hall–Kier alpha value is -3.02. The maximum Gasteiger partial charge on any atom is 0.246 e. The molecule has 0 amide bonds. The van der Waals surface area contributed by atoms with E-state index in [-0.39, 0.29) is 17.5 Å². The van der Waals surface area contributed by atoms with E-state index in [2.05, 4.69) is 4.98 Å². The third-order valence-electron chi connectivity index (χ3n) is 5.08. The molecule has 4 rings (SSSR count). The minimum Gasteiger partial charge on any atom is -0.255 e. The summed E-state index contributed by atoms with van der Waals surface area (Å²) in [5.41, 5.74) is 2.38. The lowest BCUT2D eigenvalue weighted by molar-refractivity contribution is 0.336. The van der Waals surface area contributed by atoms with E-state index in [1.54, 1.807) is 22.6 Å². The Morgan fingerprint density at radius 1 is 0.828 bits per heavy atom. The molecule has 0 aliphatic carbocycles. The molecule has 0 unspecified atom stereocenters. The highest BCUT2D eigenvalue weighted by Gasteiger charge is 2.31. The molecule has 29 heavy (non-hydrogen) atoms. The standard InChI is InChI=1S/C24H22N2O2S/c1-19(21-12-6-3-7-13-21)26(18-20-10-4-2-5-11-20)29(27,28)23-16-8-14-22-15-9-17-25-24(22)23/h2-17,19H,18H2,1H3/t19-/m1/s1. The van der Waals surface area contributed by atoms with E-state index in [0.717, 1.165) is 16.5 Å². The number of hydrogen-bond acceptors (Lipinski definition) is 3. The third kappa shape index (κ3) is 3.92. The zero-order chi connectivity index (χ0) is 20.3. The monoisotopic (exact) mass is 402 g/mol. The zero-order valence-electron chi connectivity index (χ0n) is 16.1. The lowest BCUT2D eigenvalue weighted by Gasteiger charge is -2.29. The van der Waals surface area contributed by atoms with E-state index in [4.69, 9.17) is 0 Å². The molecule has 0 spiro atoms. The van der Waals surface area contributed by atoms with E-state index in [1.807, 2.05) is 85.8 Å². The fourth-order valence-corrected chi connectivity index (χ4v) is 5.28. The van der Waals surface area contributed by atoms with Crippen molar-refractivity contribution in [3.05, 3.63) is 108 Å². The zero-order valence-corrected chi connectivity index (χ0v) is 17.0. The second-order valence-corrected chi connectivity index (χ2v) is 8.81. The molecule has 3 aromatic carbocycles. The summed E-state index contributed by atoms with van der Waals surface area (Å²) in [5.74, 6) is 0. The van der Waals surface area contributed by atoms with E-state index < -0.39 is 10.0 Å². The summed E-state index contributed by atoms with van der Waals surface area (Å²) in [5, 5.41) is 0.806. The molecule has 0 bridgehead atoms. The number of hydrogen-bond donors (Lipinski definition) is 0. The van der Waals surface area contributed by atoms with Gasteiger partial charge in [0.05, 0.1) is 5.52 Å². The highest BCUT2D eigenvalue weighted by molar-refractivity contribution is 7.89. The Bertz CT molecular complexity index is 1200. The molecule has 5 heteroatoms. The van der Waals surface area contributed by atoms with Crippen molar-refractivity contribution >= 4 is 20.9 Å². The number of fused-ring (bicyclic) bond motifs is 1. The SMILES string of the molecule is C[C@H](c1ccccc1)N(Cc1ccccc1)S(=O)(=O)c1cccc2cccnc12. The first-order chi connectivity index (χ1) is 14.1. The molecule has 1 aromatic heterocycles.